The van der Waals surface area contributed by atoms with Crippen LogP contribution in [0.3, 0.4) is 0 Å². The van der Waals surface area contributed by atoms with Gasteiger partial charge in [0.2, 0.25) is 0 Å². The molecule has 2 fully saturated rings. The molecule has 40 heavy (non-hydrogen) atoms. The first-order valence-electron chi connectivity index (χ1n) is 13.6. The van der Waals surface area contributed by atoms with Crippen LogP contribution >= 0.6 is 11.8 Å². The van der Waals surface area contributed by atoms with E-state index >= 15 is 0 Å². The molecule has 0 spiro atoms. The fraction of sp³-hybridized carbons (Fsp3) is 0.517. The molecule has 2 aromatic rings. The molecule has 2 saturated heterocycles. The van der Waals surface area contributed by atoms with E-state index in [1.165, 1.54) is 17.6 Å². The standard InChI is InChI=1S/C29H38N4O6S/c1-19(2)15-23-17-32(29(37)38-4)28(36)33(23)22-11-13-31(14-12-22)16-21-5-10-26(30-20(21)3)40-25-8-6-24(7-9-25)39-18-27(34)35/h5-10,19,22-23H,11-18H2,1-4H3,(H,34,35)/t23-/m1/s1. The van der Waals surface area contributed by atoms with E-state index in [-0.39, 0.29) is 24.7 Å². The van der Waals surface area contributed by atoms with Crippen LogP contribution < -0.4 is 4.74 Å². The van der Waals surface area contributed by atoms with Crippen molar-refractivity contribution in [2.45, 2.75) is 68.6 Å². The van der Waals surface area contributed by atoms with Crippen molar-refractivity contribution in [2.24, 2.45) is 5.92 Å². The number of benzene rings is 1. The molecule has 1 atom stereocenters. The Morgan fingerprint density at radius 2 is 1.82 bits per heavy atom. The van der Waals surface area contributed by atoms with Gasteiger partial charge in [-0.3, -0.25) is 4.90 Å². The average Bonchev–Trinajstić information content (AvgIpc) is 3.24. The highest BCUT2D eigenvalue weighted by Crippen LogP contribution is 2.31. The summed E-state index contributed by atoms with van der Waals surface area (Å²) in [6.45, 7) is 8.86. The maximum absolute atomic E-state index is 13.1. The quantitative estimate of drug-likeness (QED) is 0.427. The first-order chi connectivity index (χ1) is 19.1. The molecule has 11 heteroatoms. The molecule has 3 amide bonds. The number of hydrogen-bond donors (Lipinski definition) is 1. The summed E-state index contributed by atoms with van der Waals surface area (Å²) < 4.78 is 10.0. The lowest BCUT2D eigenvalue weighted by molar-refractivity contribution is -0.139. The molecular formula is C29H38N4O6S. The molecular weight excluding hydrogens is 532 g/mol. The number of methoxy groups -OCH3 is 1. The predicted octanol–water partition coefficient (Wildman–Crippen LogP) is 4.89. The highest BCUT2D eigenvalue weighted by Gasteiger charge is 2.45. The van der Waals surface area contributed by atoms with E-state index < -0.39 is 12.1 Å². The number of carbonyl (C=O) groups excluding carboxylic acids is 2. The number of piperidine rings is 1. The second kappa shape index (κ2) is 13.4. The summed E-state index contributed by atoms with van der Waals surface area (Å²) >= 11 is 1.54. The lowest BCUT2D eigenvalue weighted by Gasteiger charge is -2.39. The van der Waals surface area contributed by atoms with Gasteiger partial charge >= 0.3 is 18.1 Å². The smallest absolute Gasteiger partial charge is 0.417 e. The number of nitrogens with zero attached hydrogens (tertiary/aromatic N) is 4. The normalized spacial score (nSPS) is 18.4. The molecule has 2 aliphatic heterocycles. The van der Waals surface area contributed by atoms with Gasteiger partial charge in [-0.15, -0.1) is 0 Å². The summed E-state index contributed by atoms with van der Waals surface area (Å²) in [6, 6.07) is 11.3. The van der Waals surface area contributed by atoms with Gasteiger partial charge in [0.15, 0.2) is 6.61 Å². The maximum atomic E-state index is 13.1. The fourth-order valence-corrected chi connectivity index (χ4v) is 6.21. The number of carbonyl (C=O) groups is 3. The van der Waals surface area contributed by atoms with Gasteiger partial charge in [-0.1, -0.05) is 31.7 Å². The number of carboxylic acids is 1. The molecule has 1 aromatic carbocycles. The summed E-state index contributed by atoms with van der Waals surface area (Å²) in [5.41, 5.74) is 2.15. The number of aliphatic carboxylic acids is 1. The monoisotopic (exact) mass is 570 g/mol. The van der Waals surface area contributed by atoms with Crippen LogP contribution in [0.15, 0.2) is 46.3 Å². The summed E-state index contributed by atoms with van der Waals surface area (Å²) in [5.74, 6) is -0.0707. The number of hydrogen-bond acceptors (Lipinski definition) is 8. The van der Waals surface area contributed by atoms with Crippen molar-refractivity contribution in [1.29, 1.82) is 0 Å². The molecule has 1 N–H and O–H groups in total. The number of carboxylic acid groups (broad SMARTS) is 1. The van der Waals surface area contributed by atoms with Crippen molar-refractivity contribution >= 4 is 29.9 Å². The molecule has 0 aliphatic carbocycles. The zero-order valence-corrected chi connectivity index (χ0v) is 24.4. The Morgan fingerprint density at radius 3 is 2.42 bits per heavy atom. The van der Waals surface area contributed by atoms with Crippen molar-refractivity contribution in [3.05, 3.63) is 47.7 Å². The van der Waals surface area contributed by atoms with E-state index in [4.69, 9.17) is 19.6 Å². The highest BCUT2D eigenvalue weighted by molar-refractivity contribution is 7.99. The zero-order valence-electron chi connectivity index (χ0n) is 23.5. The first kappa shape index (κ1) is 29.7. The highest BCUT2D eigenvalue weighted by atomic mass is 32.2. The minimum Gasteiger partial charge on any atom is -0.482 e. The molecule has 10 nitrogen and oxygen atoms in total. The van der Waals surface area contributed by atoms with E-state index in [1.807, 2.05) is 30.0 Å². The number of aromatic nitrogens is 1. The van der Waals surface area contributed by atoms with Crippen molar-refractivity contribution < 1.29 is 29.0 Å². The number of ether oxygens (including phenoxy) is 2. The fourth-order valence-electron chi connectivity index (χ4n) is 5.38. The molecule has 216 valence electrons. The van der Waals surface area contributed by atoms with Gasteiger partial charge in [0.05, 0.1) is 19.7 Å². The van der Waals surface area contributed by atoms with Crippen molar-refractivity contribution in [1.82, 2.24) is 19.7 Å². The Balaban J connectivity index is 1.32. The third-order valence-corrected chi connectivity index (χ3v) is 8.24. The van der Waals surface area contributed by atoms with Crippen molar-refractivity contribution in [2.75, 3.05) is 33.4 Å². The molecule has 2 aliphatic rings. The number of likely N-dealkylation sites (tertiary alicyclic amines) is 1. The molecule has 0 unspecified atom stereocenters. The number of aryl methyl sites for hydroxylation is 1. The Bertz CT molecular complexity index is 1200. The second-order valence-electron chi connectivity index (χ2n) is 10.7. The Hall–Kier alpha value is -3.31. The maximum Gasteiger partial charge on any atom is 0.417 e. The molecule has 3 heterocycles. The predicted molar refractivity (Wildman–Crippen MR) is 151 cm³/mol. The van der Waals surface area contributed by atoms with E-state index in [9.17, 15) is 14.4 Å². The van der Waals surface area contributed by atoms with Gasteiger partial charge < -0.3 is 19.5 Å². The van der Waals surface area contributed by atoms with Crippen LogP contribution in [-0.4, -0.2) is 88.3 Å². The SMILES string of the molecule is COC(=O)N1C[C@@H](CC(C)C)N(C2CCN(Cc3ccc(Sc4ccc(OCC(=O)O)cc4)nc3C)CC2)C1=O. The van der Waals surface area contributed by atoms with E-state index in [1.54, 1.807) is 23.9 Å². The number of rotatable bonds is 10. The van der Waals surface area contributed by atoms with Crippen LogP contribution in [0, 0.1) is 12.8 Å². The van der Waals surface area contributed by atoms with E-state index in [0.29, 0.717) is 18.2 Å². The van der Waals surface area contributed by atoms with Gasteiger partial charge in [0.25, 0.3) is 0 Å². The van der Waals surface area contributed by atoms with Gasteiger partial charge in [-0.05, 0) is 68.0 Å². The van der Waals surface area contributed by atoms with Crippen LogP contribution in [0.2, 0.25) is 0 Å². The third kappa shape index (κ3) is 7.45. The molecule has 0 saturated carbocycles. The topological polar surface area (TPSA) is 113 Å². The van der Waals surface area contributed by atoms with Crippen LogP contribution in [0.25, 0.3) is 0 Å². The Labute approximate surface area is 239 Å². The summed E-state index contributed by atoms with van der Waals surface area (Å²) in [5, 5.41) is 9.63. The summed E-state index contributed by atoms with van der Waals surface area (Å²) in [7, 11) is 1.31. The lowest BCUT2D eigenvalue weighted by Crippen LogP contribution is -2.49. The molecule has 4 rings (SSSR count). The van der Waals surface area contributed by atoms with E-state index in [0.717, 1.165) is 54.5 Å². The van der Waals surface area contributed by atoms with Crippen LogP contribution in [0.4, 0.5) is 9.59 Å². The second-order valence-corrected chi connectivity index (χ2v) is 11.8. The Kier molecular flexibility index (Phi) is 9.91. The zero-order chi connectivity index (χ0) is 28.8. The van der Waals surface area contributed by atoms with Crippen molar-refractivity contribution in [3.63, 3.8) is 0 Å². The summed E-state index contributed by atoms with van der Waals surface area (Å²) in [4.78, 5) is 47.4. The lowest BCUT2D eigenvalue weighted by atomic mass is 9.98. The van der Waals surface area contributed by atoms with Crippen LogP contribution in [0.5, 0.6) is 5.75 Å². The van der Waals surface area contributed by atoms with E-state index in [2.05, 4.69) is 24.8 Å². The number of imide groups is 1. The van der Waals surface area contributed by atoms with Crippen LogP contribution in [0.1, 0.15) is 44.4 Å². The average molecular weight is 571 g/mol. The molecule has 0 radical (unpaired) electrons. The minimum absolute atomic E-state index is 0.0214. The Morgan fingerprint density at radius 1 is 1.12 bits per heavy atom. The van der Waals surface area contributed by atoms with Gasteiger partial charge in [-0.25, -0.2) is 24.3 Å². The summed E-state index contributed by atoms with van der Waals surface area (Å²) in [6.07, 6.45) is 2.01. The largest absolute Gasteiger partial charge is 0.482 e. The number of urea groups is 1. The van der Waals surface area contributed by atoms with Crippen LogP contribution in [-0.2, 0) is 16.1 Å². The molecule has 0 bridgehead atoms. The third-order valence-electron chi connectivity index (χ3n) is 7.30. The number of pyridine rings is 1. The van der Waals surface area contributed by atoms with Gasteiger partial charge in [0.1, 0.15) is 10.8 Å². The van der Waals surface area contributed by atoms with Gasteiger partial charge in [0, 0.05) is 36.3 Å². The number of amides is 3. The molecule has 1 aromatic heterocycles. The minimum atomic E-state index is -1.01. The van der Waals surface area contributed by atoms with Gasteiger partial charge in [-0.2, -0.15) is 0 Å². The first-order valence-corrected chi connectivity index (χ1v) is 14.5. The van der Waals surface area contributed by atoms with Crippen molar-refractivity contribution in [3.8, 4) is 5.75 Å².